The molecule has 2 N–H and O–H groups in total. The third kappa shape index (κ3) is 3.26. The van der Waals surface area contributed by atoms with E-state index in [1.54, 1.807) is 35.0 Å². The van der Waals surface area contributed by atoms with E-state index >= 15 is 0 Å². The number of likely N-dealkylation sites (tertiary alicyclic amines) is 1. The Bertz CT molecular complexity index is 1270. The van der Waals surface area contributed by atoms with E-state index < -0.39 is 11.5 Å². The first-order valence-corrected chi connectivity index (χ1v) is 10.5. The molecule has 2 heterocycles. The Kier molecular flexibility index (Phi) is 4.62. The lowest BCUT2D eigenvalue weighted by Gasteiger charge is -2.22. The molecule has 1 atom stereocenters. The van der Waals surface area contributed by atoms with Crippen molar-refractivity contribution in [3.05, 3.63) is 71.8 Å². The van der Waals surface area contributed by atoms with Gasteiger partial charge < -0.3 is 20.3 Å². The van der Waals surface area contributed by atoms with Crippen LogP contribution in [-0.2, 0) is 4.74 Å². The molecule has 2 aliphatic rings. The van der Waals surface area contributed by atoms with Gasteiger partial charge in [0.05, 0.1) is 13.1 Å². The Morgan fingerprint density at radius 2 is 1.75 bits per heavy atom. The first-order chi connectivity index (χ1) is 15.4. The van der Waals surface area contributed by atoms with Crippen molar-refractivity contribution >= 4 is 28.7 Å². The summed E-state index contributed by atoms with van der Waals surface area (Å²) in [5.74, 6) is -0.565. The Morgan fingerprint density at radius 1 is 1.00 bits per heavy atom. The molecule has 7 nitrogen and oxygen atoms in total. The van der Waals surface area contributed by atoms with E-state index in [0.29, 0.717) is 37.2 Å². The molecule has 32 heavy (non-hydrogen) atoms. The van der Waals surface area contributed by atoms with Gasteiger partial charge >= 0.3 is 6.09 Å². The number of likely N-dealkylation sites (N-methyl/N-ethyl adjacent to an activating group) is 1. The molecule has 0 bridgehead atoms. The topological polar surface area (TPSA) is 92.9 Å². The summed E-state index contributed by atoms with van der Waals surface area (Å²) in [6.45, 7) is 1.42. The minimum absolute atomic E-state index is 0.0823. The van der Waals surface area contributed by atoms with Crippen LogP contribution >= 0.6 is 0 Å². The van der Waals surface area contributed by atoms with Crippen LogP contribution in [0.3, 0.4) is 0 Å². The highest BCUT2D eigenvalue weighted by Crippen LogP contribution is 2.35. The van der Waals surface area contributed by atoms with Crippen LogP contribution in [-0.4, -0.2) is 60.0 Å². The zero-order valence-corrected chi connectivity index (χ0v) is 17.7. The molecule has 0 aromatic heterocycles. The van der Waals surface area contributed by atoms with Crippen molar-refractivity contribution in [2.45, 2.75) is 12.0 Å². The van der Waals surface area contributed by atoms with E-state index in [2.05, 4.69) is 0 Å². The molecule has 3 aromatic rings. The predicted octanol–water partition coefficient (Wildman–Crippen LogP) is 3.27. The third-order valence-corrected chi connectivity index (χ3v) is 6.35. The van der Waals surface area contributed by atoms with Gasteiger partial charge in [0.2, 0.25) is 5.91 Å². The van der Waals surface area contributed by atoms with Crippen LogP contribution in [0.25, 0.3) is 21.9 Å². The molecule has 2 aliphatic heterocycles. The number of ether oxygens (including phenoxy) is 1. The van der Waals surface area contributed by atoms with Gasteiger partial charge in [0, 0.05) is 31.1 Å². The first kappa shape index (κ1) is 20.1. The van der Waals surface area contributed by atoms with E-state index in [0.717, 1.165) is 21.9 Å². The summed E-state index contributed by atoms with van der Waals surface area (Å²) < 4.78 is 5.59. The van der Waals surface area contributed by atoms with Gasteiger partial charge in [-0.15, -0.1) is 0 Å². The fourth-order valence-corrected chi connectivity index (χ4v) is 4.78. The lowest BCUT2D eigenvalue weighted by Crippen LogP contribution is -2.39. The number of carbonyl (C=O) groups is 3. The van der Waals surface area contributed by atoms with Gasteiger partial charge in [-0.3, -0.25) is 9.59 Å². The number of benzene rings is 3. The van der Waals surface area contributed by atoms with Crippen molar-refractivity contribution in [3.8, 4) is 11.1 Å². The quantitative estimate of drug-likeness (QED) is 0.692. The third-order valence-electron chi connectivity index (χ3n) is 6.35. The Hall–Kier alpha value is -3.87. The van der Waals surface area contributed by atoms with Crippen LogP contribution in [0.1, 0.15) is 27.1 Å². The molecule has 0 radical (unpaired) electrons. The average molecular weight is 429 g/mol. The molecule has 5 rings (SSSR count). The van der Waals surface area contributed by atoms with Crippen molar-refractivity contribution in [2.75, 3.05) is 26.7 Å². The predicted molar refractivity (Wildman–Crippen MR) is 120 cm³/mol. The van der Waals surface area contributed by atoms with Crippen molar-refractivity contribution in [2.24, 2.45) is 5.73 Å². The van der Waals surface area contributed by atoms with Crippen molar-refractivity contribution < 1.29 is 19.1 Å². The Morgan fingerprint density at radius 3 is 2.50 bits per heavy atom. The van der Waals surface area contributed by atoms with E-state index in [4.69, 9.17) is 10.5 Å². The molecule has 2 fully saturated rings. The van der Waals surface area contributed by atoms with E-state index in [9.17, 15) is 14.4 Å². The Labute approximate surface area is 185 Å². The van der Waals surface area contributed by atoms with E-state index in [1.165, 1.54) is 0 Å². The molecule has 162 valence electrons. The van der Waals surface area contributed by atoms with Gasteiger partial charge in [0.1, 0.15) is 0 Å². The summed E-state index contributed by atoms with van der Waals surface area (Å²) in [7, 11) is 1.71. The fraction of sp³-hybridized carbons (Fsp3) is 0.240. The van der Waals surface area contributed by atoms with Gasteiger partial charge in [-0.1, -0.05) is 42.5 Å². The summed E-state index contributed by atoms with van der Waals surface area (Å²) in [5, 5.41) is 1.75. The van der Waals surface area contributed by atoms with Crippen LogP contribution in [0.5, 0.6) is 0 Å². The number of nitrogens with zero attached hydrogens (tertiary/aromatic N) is 2. The maximum atomic E-state index is 13.5. The average Bonchev–Trinajstić information content (AvgIpc) is 3.33. The monoisotopic (exact) mass is 429 g/mol. The highest BCUT2D eigenvalue weighted by Gasteiger charge is 2.49. The largest absolute Gasteiger partial charge is 0.439 e. The molecule has 1 unspecified atom stereocenters. The number of primary amides is 1. The minimum Gasteiger partial charge on any atom is -0.439 e. The molecule has 0 saturated carbocycles. The molecule has 2 saturated heterocycles. The Balaban J connectivity index is 1.51. The number of rotatable bonds is 3. The summed E-state index contributed by atoms with van der Waals surface area (Å²) in [4.78, 5) is 40.3. The lowest BCUT2D eigenvalue weighted by atomic mass is 9.94. The lowest BCUT2D eigenvalue weighted by molar-refractivity contribution is 0.0554. The highest BCUT2D eigenvalue weighted by atomic mass is 16.6. The number of amides is 3. The molecule has 1 spiro atoms. The van der Waals surface area contributed by atoms with E-state index in [1.807, 2.05) is 42.5 Å². The maximum absolute atomic E-state index is 13.5. The van der Waals surface area contributed by atoms with Crippen molar-refractivity contribution in [1.82, 2.24) is 9.80 Å². The summed E-state index contributed by atoms with van der Waals surface area (Å²) >= 11 is 0. The SMILES string of the molecule is CN1CC2(CCN(C(=O)c3cccc4c(-c5cccc(C(N)=O)c5)cccc34)C2)OC1=O. The van der Waals surface area contributed by atoms with Crippen LogP contribution in [0, 0.1) is 0 Å². The summed E-state index contributed by atoms with van der Waals surface area (Å²) in [5.41, 5.74) is 7.65. The molecular weight excluding hydrogens is 406 g/mol. The number of nitrogens with two attached hydrogens (primary N) is 1. The zero-order chi connectivity index (χ0) is 22.5. The summed E-state index contributed by atoms with van der Waals surface area (Å²) in [6.07, 6.45) is 0.289. The van der Waals surface area contributed by atoms with Crippen molar-refractivity contribution in [3.63, 3.8) is 0 Å². The maximum Gasteiger partial charge on any atom is 0.410 e. The van der Waals surface area contributed by atoms with Gasteiger partial charge in [0.15, 0.2) is 5.60 Å². The number of hydrogen-bond acceptors (Lipinski definition) is 4. The second-order valence-corrected chi connectivity index (χ2v) is 8.54. The van der Waals surface area contributed by atoms with Crippen LogP contribution < -0.4 is 5.73 Å². The van der Waals surface area contributed by atoms with E-state index in [-0.39, 0.29) is 12.0 Å². The minimum atomic E-state index is -0.619. The second-order valence-electron chi connectivity index (χ2n) is 8.54. The number of fused-ring (bicyclic) bond motifs is 1. The van der Waals surface area contributed by atoms with Crippen molar-refractivity contribution in [1.29, 1.82) is 0 Å². The van der Waals surface area contributed by atoms with Gasteiger partial charge in [-0.2, -0.15) is 0 Å². The van der Waals surface area contributed by atoms with Crippen LogP contribution in [0.4, 0.5) is 4.79 Å². The number of carbonyl (C=O) groups excluding carboxylic acids is 3. The molecule has 3 amide bonds. The van der Waals surface area contributed by atoms with Gasteiger partial charge in [0.25, 0.3) is 5.91 Å². The first-order valence-electron chi connectivity index (χ1n) is 10.5. The smallest absolute Gasteiger partial charge is 0.410 e. The fourth-order valence-electron chi connectivity index (χ4n) is 4.78. The molecule has 7 heteroatoms. The molecule has 0 aliphatic carbocycles. The van der Waals surface area contributed by atoms with Gasteiger partial charge in [-0.25, -0.2) is 4.79 Å². The zero-order valence-electron chi connectivity index (χ0n) is 17.7. The summed E-state index contributed by atoms with van der Waals surface area (Å²) in [6, 6.07) is 18.6. The number of hydrogen-bond donors (Lipinski definition) is 1. The molecular formula is C25H23N3O4. The highest BCUT2D eigenvalue weighted by molar-refractivity contribution is 6.10. The van der Waals surface area contributed by atoms with Gasteiger partial charge in [-0.05, 0) is 40.1 Å². The second kappa shape index (κ2) is 7.37. The standard InChI is InChI=1S/C25H23N3O4/c1-27-14-25(32-24(27)31)11-12-28(15-25)23(30)21-10-4-8-19-18(7-3-9-20(19)21)16-5-2-6-17(13-16)22(26)29/h2-10,13H,11-12,14-15H2,1H3,(H2,26,29). The van der Waals surface area contributed by atoms with Crippen LogP contribution in [0.2, 0.25) is 0 Å². The molecule has 3 aromatic carbocycles. The van der Waals surface area contributed by atoms with Crippen LogP contribution in [0.15, 0.2) is 60.7 Å². The normalized spacial score (nSPS) is 20.2.